The molecule has 8 nitrogen and oxygen atoms in total. The van der Waals surface area contributed by atoms with E-state index in [4.69, 9.17) is 0 Å². The van der Waals surface area contributed by atoms with Gasteiger partial charge in [-0.2, -0.15) is 0 Å². The standard InChI is InChI=1S/C29H32F2N4O4S/c1-5-35(6-2)12-11-32-29(37)27-17(3)26(33-18(27)4)15-23-22-14-21(8-10-25(22)34-28(23)36)40(38,39)16-19-13-20(30)7-9-24(19)31/h7-10,13-15,33H,5-6,11-12,16H2,1-4H3,(H,32,37)(H,34,36). The molecule has 4 rings (SSSR count). The molecular formula is C29H32F2N4O4S. The Hall–Kier alpha value is -3.83. The number of rotatable bonds is 10. The van der Waals surface area contributed by atoms with Gasteiger partial charge < -0.3 is 20.5 Å². The molecule has 3 aromatic rings. The lowest BCUT2D eigenvalue weighted by molar-refractivity contribution is -0.110. The molecule has 0 fully saturated rings. The fourth-order valence-corrected chi connectivity index (χ4v) is 6.18. The largest absolute Gasteiger partial charge is 0.358 e. The highest BCUT2D eigenvalue weighted by molar-refractivity contribution is 7.90. The number of hydrogen-bond acceptors (Lipinski definition) is 5. The second-order valence-corrected chi connectivity index (χ2v) is 11.7. The monoisotopic (exact) mass is 570 g/mol. The van der Waals surface area contributed by atoms with Crippen LogP contribution >= 0.6 is 0 Å². The molecular weight excluding hydrogens is 538 g/mol. The van der Waals surface area contributed by atoms with E-state index in [0.29, 0.717) is 40.3 Å². The first-order valence-corrected chi connectivity index (χ1v) is 14.6. The minimum atomic E-state index is -4.07. The summed E-state index contributed by atoms with van der Waals surface area (Å²) in [4.78, 5) is 31.0. The number of aromatic amines is 1. The van der Waals surface area contributed by atoms with Crippen molar-refractivity contribution in [3.05, 3.63) is 81.7 Å². The topological polar surface area (TPSA) is 111 Å². The van der Waals surface area contributed by atoms with Gasteiger partial charge in [-0.05, 0) is 75.0 Å². The van der Waals surface area contributed by atoms with E-state index >= 15 is 0 Å². The number of hydrogen-bond donors (Lipinski definition) is 3. The molecule has 0 saturated heterocycles. The van der Waals surface area contributed by atoms with Crippen molar-refractivity contribution in [3.63, 3.8) is 0 Å². The number of aromatic nitrogens is 1. The lowest BCUT2D eigenvalue weighted by atomic mass is 10.0. The molecule has 40 heavy (non-hydrogen) atoms. The molecule has 1 aliphatic heterocycles. The van der Waals surface area contributed by atoms with Crippen LogP contribution < -0.4 is 10.6 Å². The zero-order chi connectivity index (χ0) is 29.2. The van der Waals surface area contributed by atoms with E-state index in [1.807, 2.05) is 0 Å². The molecule has 0 spiro atoms. The van der Waals surface area contributed by atoms with Gasteiger partial charge in [-0.15, -0.1) is 0 Å². The number of halogens is 2. The Morgan fingerprint density at radius 3 is 2.50 bits per heavy atom. The van der Waals surface area contributed by atoms with Crippen LogP contribution in [0, 0.1) is 25.5 Å². The first-order chi connectivity index (χ1) is 18.9. The molecule has 0 saturated carbocycles. The molecule has 2 aromatic carbocycles. The number of nitrogens with one attached hydrogen (secondary N) is 3. The summed E-state index contributed by atoms with van der Waals surface area (Å²) in [6.07, 6.45) is 1.58. The number of benzene rings is 2. The minimum absolute atomic E-state index is 0.134. The van der Waals surface area contributed by atoms with Crippen LogP contribution in [0.2, 0.25) is 0 Å². The van der Waals surface area contributed by atoms with Crippen LogP contribution in [-0.2, 0) is 20.4 Å². The highest BCUT2D eigenvalue weighted by atomic mass is 32.2. The summed E-state index contributed by atoms with van der Waals surface area (Å²) in [6.45, 7) is 10.7. The number of aryl methyl sites for hydroxylation is 1. The van der Waals surface area contributed by atoms with Gasteiger partial charge in [0.15, 0.2) is 9.84 Å². The summed E-state index contributed by atoms with van der Waals surface area (Å²) in [7, 11) is -4.07. The zero-order valence-corrected chi connectivity index (χ0v) is 23.6. The Morgan fingerprint density at radius 1 is 1.07 bits per heavy atom. The second kappa shape index (κ2) is 11.7. The molecule has 0 bridgehead atoms. The average molecular weight is 571 g/mol. The summed E-state index contributed by atoms with van der Waals surface area (Å²) < 4.78 is 53.9. The smallest absolute Gasteiger partial charge is 0.256 e. The van der Waals surface area contributed by atoms with E-state index in [1.165, 1.54) is 18.2 Å². The van der Waals surface area contributed by atoms with Crippen molar-refractivity contribution >= 4 is 39.0 Å². The van der Waals surface area contributed by atoms with Gasteiger partial charge in [0.1, 0.15) is 11.6 Å². The third-order valence-corrected chi connectivity index (χ3v) is 8.75. The SMILES string of the molecule is CCN(CC)CCNC(=O)c1c(C)[nH]c(C=C2C(=O)Nc3ccc(S(=O)(=O)Cc4cc(F)ccc4F)cc32)c1C. The molecule has 0 unspecified atom stereocenters. The number of likely N-dealkylation sites (N-methyl/N-ethyl adjacent to an activating group) is 1. The minimum Gasteiger partial charge on any atom is -0.358 e. The molecule has 3 N–H and O–H groups in total. The van der Waals surface area contributed by atoms with E-state index in [9.17, 15) is 26.8 Å². The van der Waals surface area contributed by atoms with Crippen LogP contribution in [0.5, 0.6) is 0 Å². The van der Waals surface area contributed by atoms with Gasteiger partial charge in [0.25, 0.3) is 11.8 Å². The molecule has 1 aliphatic rings. The summed E-state index contributed by atoms with van der Waals surface area (Å²) in [5.74, 6) is -2.96. The highest BCUT2D eigenvalue weighted by Gasteiger charge is 2.28. The van der Waals surface area contributed by atoms with Gasteiger partial charge in [0.2, 0.25) is 0 Å². The highest BCUT2D eigenvalue weighted by Crippen LogP contribution is 2.36. The Morgan fingerprint density at radius 2 is 1.80 bits per heavy atom. The van der Waals surface area contributed by atoms with Crippen molar-refractivity contribution in [2.75, 3.05) is 31.5 Å². The Kier molecular flexibility index (Phi) is 8.55. The maximum absolute atomic E-state index is 14.1. The number of H-pyrrole nitrogens is 1. The second-order valence-electron chi connectivity index (χ2n) is 9.66. The van der Waals surface area contributed by atoms with Crippen molar-refractivity contribution in [2.24, 2.45) is 0 Å². The third kappa shape index (κ3) is 6.00. The van der Waals surface area contributed by atoms with Crippen molar-refractivity contribution in [2.45, 2.75) is 38.3 Å². The van der Waals surface area contributed by atoms with Gasteiger partial charge >= 0.3 is 0 Å². The third-order valence-electron chi connectivity index (χ3n) is 7.09. The van der Waals surface area contributed by atoms with Crippen molar-refractivity contribution in [3.8, 4) is 0 Å². The molecule has 0 radical (unpaired) electrons. The van der Waals surface area contributed by atoms with Crippen LogP contribution in [0.15, 0.2) is 41.3 Å². The van der Waals surface area contributed by atoms with Gasteiger partial charge in [0.05, 0.1) is 21.8 Å². The average Bonchev–Trinajstić information content (AvgIpc) is 3.37. The number of carbonyl (C=O) groups excluding carboxylic acids is 2. The lowest BCUT2D eigenvalue weighted by Gasteiger charge is -2.18. The maximum atomic E-state index is 14.1. The van der Waals surface area contributed by atoms with E-state index in [-0.39, 0.29) is 21.9 Å². The summed E-state index contributed by atoms with van der Waals surface area (Å²) in [6, 6.07) is 6.78. The molecule has 212 valence electrons. The van der Waals surface area contributed by atoms with Crippen LogP contribution in [0.25, 0.3) is 11.6 Å². The zero-order valence-electron chi connectivity index (χ0n) is 22.8. The van der Waals surface area contributed by atoms with Gasteiger partial charge in [-0.3, -0.25) is 9.59 Å². The Balaban J connectivity index is 1.62. The number of nitrogens with zero attached hydrogens (tertiary/aromatic N) is 1. The first kappa shape index (κ1) is 29.2. The number of fused-ring (bicyclic) bond motifs is 1. The predicted octanol–water partition coefficient (Wildman–Crippen LogP) is 4.45. The van der Waals surface area contributed by atoms with Crippen molar-refractivity contribution in [1.82, 2.24) is 15.2 Å². The van der Waals surface area contributed by atoms with Crippen molar-refractivity contribution < 1.29 is 26.8 Å². The van der Waals surface area contributed by atoms with Gasteiger partial charge in [-0.1, -0.05) is 13.8 Å². The predicted molar refractivity (Wildman–Crippen MR) is 151 cm³/mol. The van der Waals surface area contributed by atoms with E-state index in [0.717, 1.165) is 37.8 Å². The molecule has 2 amide bonds. The summed E-state index contributed by atoms with van der Waals surface area (Å²) >= 11 is 0. The summed E-state index contributed by atoms with van der Waals surface area (Å²) in [5.41, 5.74) is 3.00. The normalized spacial score (nSPS) is 14.1. The number of sulfone groups is 1. The molecule has 2 heterocycles. The molecule has 0 atom stereocenters. The Labute approximate surface area is 232 Å². The quantitative estimate of drug-likeness (QED) is 0.312. The number of anilines is 1. The number of amides is 2. The first-order valence-electron chi connectivity index (χ1n) is 13.0. The van der Waals surface area contributed by atoms with Gasteiger partial charge in [0, 0.05) is 41.3 Å². The maximum Gasteiger partial charge on any atom is 0.256 e. The van der Waals surface area contributed by atoms with Crippen LogP contribution in [-0.4, -0.2) is 56.3 Å². The Bertz CT molecular complexity index is 1610. The van der Waals surface area contributed by atoms with Crippen LogP contribution in [0.4, 0.5) is 14.5 Å². The number of carbonyl (C=O) groups is 2. The van der Waals surface area contributed by atoms with Gasteiger partial charge in [-0.25, -0.2) is 17.2 Å². The van der Waals surface area contributed by atoms with E-state index in [2.05, 4.69) is 34.4 Å². The molecule has 0 aliphatic carbocycles. The molecule has 1 aromatic heterocycles. The fraction of sp³-hybridized carbons (Fsp3) is 0.310. The van der Waals surface area contributed by atoms with E-state index in [1.54, 1.807) is 19.9 Å². The lowest BCUT2D eigenvalue weighted by Crippen LogP contribution is -2.35. The van der Waals surface area contributed by atoms with Crippen LogP contribution in [0.3, 0.4) is 0 Å². The fourth-order valence-electron chi connectivity index (χ4n) is 4.81. The van der Waals surface area contributed by atoms with Crippen molar-refractivity contribution in [1.29, 1.82) is 0 Å². The molecule has 11 heteroatoms. The van der Waals surface area contributed by atoms with E-state index < -0.39 is 33.1 Å². The summed E-state index contributed by atoms with van der Waals surface area (Å²) in [5, 5.41) is 5.66. The van der Waals surface area contributed by atoms with Crippen LogP contribution in [0.1, 0.15) is 52.3 Å².